The number of cyclic esters (lactones) is 4. The third-order valence-corrected chi connectivity index (χ3v) is 4.53. The molecule has 3 unspecified atom stereocenters. The van der Waals surface area contributed by atoms with Crippen LogP contribution in [0.4, 0.5) is 0 Å². The second-order valence-corrected chi connectivity index (χ2v) is 7.74. The van der Waals surface area contributed by atoms with Crippen LogP contribution in [0.25, 0.3) is 0 Å². The summed E-state index contributed by atoms with van der Waals surface area (Å²) in [6.45, 7) is 6.14. The van der Waals surface area contributed by atoms with E-state index in [9.17, 15) is 38.4 Å². The molecule has 0 aromatic rings. The minimum atomic E-state index is -1.60. The van der Waals surface area contributed by atoms with Gasteiger partial charge in [0.2, 0.25) is 0 Å². The Balaban J connectivity index is 0. The first kappa shape index (κ1) is 34.1. The maximum atomic E-state index is 11.4. The molecule has 202 valence electrons. The molecule has 2 heterocycles. The van der Waals surface area contributed by atoms with Gasteiger partial charge >= 0.3 is 47.8 Å². The van der Waals surface area contributed by atoms with Gasteiger partial charge in [-0.3, -0.25) is 28.8 Å². The predicted molar refractivity (Wildman–Crippen MR) is 117 cm³/mol. The van der Waals surface area contributed by atoms with Crippen molar-refractivity contribution in [1.82, 2.24) is 0 Å². The van der Waals surface area contributed by atoms with Gasteiger partial charge in [0.25, 0.3) is 0 Å². The zero-order valence-electron chi connectivity index (χ0n) is 20.2. The second kappa shape index (κ2) is 16.5. The monoisotopic (exact) mass is 518 g/mol. The van der Waals surface area contributed by atoms with Gasteiger partial charge in [-0.25, -0.2) is 9.59 Å². The summed E-state index contributed by atoms with van der Waals surface area (Å²) in [6, 6.07) is 0. The van der Waals surface area contributed by atoms with Crippen LogP contribution in [0.15, 0.2) is 12.2 Å². The van der Waals surface area contributed by atoms with Crippen molar-refractivity contribution in [2.24, 2.45) is 17.3 Å². The van der Waals surface area contributed by atoms with E-state index in [1.807, 2.05) is 6.92 Å². The van der Waals surface area contributed by atoms with Gasteiger partial charge < -0.3 is 29.9 Å². The molecule has 0 aromatic carbocycles. The highest BCUT2D eigenvalue weighted by molar-refractivity contribution is 6.04. The van der Waals surface area contributed by atoms with Crippen LogP contribution in [0.5, 0.6) is 0 Å². The molecular formula is C22H30O14. The topological polar surface area (TPSA) is 236 Å². The van der Waals surface area contributed by atoms with Crippen molar-refractivity contribution in [3.63, 3.8) is 0 Å². The van der Waals surface area contributed by atoms with Gasteiger partial charge in [-0.1, -0.05) is 20.8 Å². The van der Waals surface area contributed by atoms with Gasteiger partial charge in [0.15, 0.2) is 0 Å². The van der Waals surface area contributed by atoms with E-state index in [2.05, 4.69) is 9.47 Å². The largest absolute Gasteiger partial charge is 0.481 e. The molecule has 0 amide bonds. The van der Waals surface area contributed by atoms with Crippen LogP contribution in [0.1, 0.15) is 59.8 Å². The molecule has 3 atom stereocenters. The average Bonchev–Trinajstić information content (AvgIpc) is 3.24. The summed E-state index contributed by atoms with van der Waals surface area (Å²) in [7, 11) is 0. The molecule has 0 aliphatic carbocycles. The van der Waals surface area contributed by atoms with E-state index in [4.69, 9.17) is 20.4 Å². The third kappa shape index (κ3) is 14.2. The zero-order chi connectivity index (χ0) is 28.6. The molecule has 0 saturated carbocycles. The number of carboxylic acid groups (broad SMARTS) is 4. The molecular weight excluding hydrogens is 488 g/mol. The van der Waals surface area contributed by atoms with E-state index in [0.717, 1.165) is 18.6 Å². The minimum absolute atomic E-state index is 0.222. The Morgan fingerprint density at radius 1 is 0.833 bits per heavy atom. The molecule has 0 bridgehead atoms. The summed E-state index contributed by atoms with van der Waals surface area (Å²) in [5.74, 6) is -8.34. The van der Waals surface area contributed by atoms with Crippen LogP contribution >= 0.6 is 0 Å². The maximum absolute atomic E-state index is 11.4. The molecule has 2 aliphatic heterocycles. The molecule has 14 heteroatoms. The summed E-state index contributed by atoms with van der Waals surface area (Å²) in [6.07, 6.45) is 2.56. The Morgan fingerprint density at radius 3 is 1.50 bits per heavy atom. The van der Waals surface area contributed by atoms with E-state index in [-0.39, 0.29) is 12.8 Å². The first-order valence-electron chi connectivity index (χ1n) is 10.6. The number of carbonyl (C=O) groups excluding carboxylic acids is 4. The first-order valence-corrected chi connectivity index (χ1v) is 10.6. The third-order valence-electron chi connectivity index (χ3n) is 4.53. The van der Waals surface area contributed by atoms with Crippen molar-refractivity contribution in [2.45, 2.75) is 59.8 Å². The molecule has 2 aliphatic rings. The average molecular weight is 518 g/mol. The highest BCUT2D eigenvalue weighted by atomic mass is 16.6. The number of aliphatic carboxylic acids is 4. The number of carboxylic acids is 4. The standard InChI is InChI=1S/C11H14O7.C4H2O3.C4H8O2.C3H6O2/c1-5-6(9(15)18-8(5)14)3-11(2,10(16)17)4-7(12)13;5-3-1-2-4(6)7-3;1-2-3-4(5)6;1-2-3(4)5/h5-6H,3-4H2,1-2H3,(H,12,13)(H,16,17);1-2H;2-3H2,1H3,(H,5,6);2H2,1H3,(H,4,5). The second-order valence-electron chi connectivity index (χ2n) is 7.74. The molecule has 1 saturated heterocycles. The van der Waals surface area contributed by atoms with E-state index >= 15 is 0 Å². The van der Waals surface area contributed by atoms with Crippen LogP contribution < -0.4 is 0 Å². The van der Waals surface area contributed by atoms with Crippen molar-refractivity contribution in [1.29, 1.82) is 0 Å². The SMILES string of the molecule is CC1C(=O)OC(=O)C1CC(C)(CC(=O)O)C(=O)O.CCC(=O)O.CCCC(=O)O.O=C1C=CC(=O)O1. The fourth-order valence-corrected chi connectivity index (χ4v) is 2.47. The van der Waals surface area contributed by atoms with E-state index in [0.29, 0.717) is 6.42 Å². The normalized spacial score (nSPS) is 19.1. The molecule has 14 nitrogen and oxygen atoms in total. The summed E-state index contributed by atoms with van der Waals surface area (Å²) < 4.78 is 8.37. The summed E-state index contributed by atoms with van der Waals surface area (Å²) in [5.41, 5.74) is -1.60. The summed E-state index contributed by atoms with van der Waals surface area (Å²) in [5, 5.41) is 33.4. The Morgan fingerprint density at radius 2 is 1.31 bits per heavy atom. The Bertz CT molecular complexity index is 871. The van der Waals surface area contributed by atoms with Gasteiger partial charge in [-0.2, -0.15) is 0 Å². The lowest BCUT2D eigenvalue weighted by Gasteiger charge is -2.25. The molecule has 0 aromatic heterocycles. The fraction of sp³-hybridized carbons (Fsp3) is 0.545. The smallest absolute Gasteiger partial charge is 0.338 e. The van der Waals surface area contributed by atoms with Crippen molar-refractivity contribution >= 4 is 47.8 Å². The predicted octanol–water partition coefficient (Wildman–Crippen LogP) is 1.26. The van der Waals surface area contributed by atoms with Crippen molar-refractivity contribution < 1.29 is 68.3 Å². The van der Waals surface area contributed by atoms with Crippen LogP contribution in [-0.2, 0) is 47.8 Å². The summed E-state index contributed by atoms with van der Waals surface area (Å²) in [4.78, 5) is 83.2. The number of esters is 4. The summed E-state index contributed by atoms with van der Waals surface area (Å²) >= 11 is 0. The molecule has 0 spiro atoms. The highest BCUT2D eigenvalue weighted by Crippen LogP contribution is 2.37. The quantitative estimate of drug-likeness (QED) is 0.261. The van der Waals surface area contributed by atoms with Crippen LogP contribution in [-0.4, -0.2) is 68.2 Å². The molecule has 2 rings (SSSR count). The fourth-order valence-electron chi connectivity index (χ4n) is 2.47. The van der Waals surface area contributed by atoms with Crippen molar-refractivity contribution in [3.05, 3.63) is 12.2 Å². The molecule has 1 fully saturated rings. The number of rotatable bonds is 8. The number of hydrogen-bond donors (Lipinski definition) is 4. The highest BCUT2D eigenvalue weighted by Gasteiger charge is 2.48. The van der Waals surface area contributed by atoms with Gasteiger partial charge in [0.1, 0.15) is 0 Å². The van der Waals surface area contributed by atoms with Crippen molar-refractivity contribution in [3.8, 4) is 0 Å². The number of hydrogen-bond acceptors (Lipinski definition) is 10. The molecule has 0 radical (unpaired) electrons. The number of carbonyl (C=O) groups is 8. The van der Waals surface area contributed by atoms with Crippen LogP contribution in [0.3, 0.4) is 0 Å². The Labute approximate surface area is 205 Å². The van der Waals surface area contributed by atoms with Crippen LogP contribution in [0, 0.1) is 17.3 Å². The maximum Gasteiger partial charge on any atom is 0.338 e. The lowest BCUT2D eigenvalue weighted by atomic mass is 9.75. The van der Waals surface area contributed by atoms with E-state index in [1.54, 1.807) is 6.92 Å². The Hall–Kier alpha value is -4.10. The number of ether oxygens (including phenoxy) is 2. The van der Waals surface area contributed by atoms with E-state index in [1.165, 1.54) is 13.8 Å². The minimum Gasteiger partial charge on any atom is -0.481 e. The molecule has 4 N–H and O–H groups in total. The van der Waals surface area contributed by atoms with Crippen molar-refractivity contribution in [2.75, 3.05) is 0 Å². The first-order chi connectivity index (χ1) is 16.5. The van der Waals surface area contributed by atoms with Gasteiger partial charge in [0, 0.05) is 25.0 Å². The van der Waals surface area contributed by atoms with E-state index < -0.39 is 71.4 Å². The lowest BCUT2D eigenvalue weighted by molar-refractivity contribution is -0.158. The molecule has 36 heavy (non-hydrogen) atoms. The zero-order valence-corrected chi connectivity index (χ0v) is 20.2. The van der Waals surface area contributed by atoms with Gasteiger partial charge in [-0.05, 0) is 19.8 Å². The van der Waals surface area contributed by atoms with Crippen LogP contribution in [0.2, 0.25) is 0 Å². The van der Waals surface area contributed by atoms with Gasteiger partial charge in [-0.15, -0.1) is 0 Å². The Kier molecular flexibility index (Phi) is 15.6. The lowest BCUT2D eigenvalue weighted by Crippen LogP contribution is -2.35. The van der Waals surface area contributed by atoms with Gasteiger partial charge in [0.05, 0.1) is 23.7 Å².